The molecule has 0 saturated heterocycles. The third-order valence-corrected chi connectivity index (χ3v) is 4.27. The average Bonchev–Trinajstić information content (AvgIpc) is 2.41. The molecule has 2 nitrogen and oxygen atoms in total. The van der Waals surface area contributed by atoms with Crippen molar-refractivity contribution in [1.29, 1.82) is 0 Å². The van der Waals surface area contributed by atoms with E-state index in [1.54, 1.807) is 0 Å². The minimum absolute atomic E-state index is 0.627. The van der Waals surface area contributed by atoms with Crippen molar-refractivity contribution in [2.75, 3.05) is 18.5 Å². The Labute approximate surface area is 130 Å². The van der Waals surface area contributed by atoms with E-state index in [1.165, 1.54) is 5.56 Å². The smallest absolute Gasteiger partial charge is 0.119 e. The number of nitrogens with one attached hydrogen (secondary N) is 1. The summed E-state index contributed by atoms with van der Waals surface area (Å²) in [6, 6.07) is 14.0. The number of hydrogen-bond acceptors (Lipinski definition) is 2. The van der Waals surface area contributed by atoms with Gasteiger partial charge in [-0.25, -0.2) is 0 Å². The van der Waals surface area contributed by atoms with E-state index in [4.69, 9.17) is 4.74 Å². The molecule has 0 heterocycles. The predicted octanol–water partition coefficient (Wildman–Crippen LogP) is 5.01. The largest absolute Gasteiger partial charge is 0.492 e. The van der Waals surface area contributed by atoms with Crippen LogP contribution in [-0.2, 0) is 0 Å². The van der Waals surface area contributed by atoms with E-state index in [0.29, 0.717) is 6.61 Å². The van der Waals surface area contributed by atoms with Crippen molar-refractivity contribution in [1.82, 2.24) is 0 Å². The second-order valence-electron chi connectivity index (χ2n) is 4.17. The number of ether oxygens (including phenoxy) is 1. The lowest BCUT2D eigenvalue weighted by molar-refractivity contribution is 0.333. The molecule has 0 spiro atoms. The predicted molar refractivity (Wildman–Crippen MR) is 87.0 cm³/mol. The van der Waals surface area contributed by atoms with Crippen LogP contribution in [-0.4, -0.2) is 13.2 Å². The fourth-order valence-corrected chi connectivity index (χ4v) is 2.34. The van der Waals surface area contributed by atoms with E-state index in [9.17, 15) is 0 Å². The summed E-state index contributed by atoms with van der Waals surface area (Å²) >= 11 is 6.98. The highest BCUT2D eigenvalue weighted by Gasteiger charge is 2.01. The lowest BCUT2D eigenvalue weighted by atomic mass is 10.2. The lowest BCUT2D eigenvalue weighted by Gasteiger charge is -2.11. The Balaban J connectivity index is 1.81. The Morgan fingerprint density at radius 3 is 2.53 bits per heavy atom. The van der Waals surface area contributed by atoms with Crippen molar-refractivity contribution in [3.05, 3.63) is 57.0 Å². The van der Waals surface area contributed by atoms with Gasteiger partial charge in [-0.2, -0.15) is 0 Å². The van der Waals surface area contributed by atoms with Crippen molar-refractivity contribution in [2.24, 2.45) is 0 Å². The molecule has 2 rings (SSSR count). The molecule has 0 aliphatic carbocycles. The van der Waals surface area contributed by atoms with Gasteiger partial charge in [0.05, 0.1) is 0 Å². The Hall–Kier alpha value is -1.000. The summed E-state index contributed by atoms with van der Waals surface area (Å²) in [5.74, 6) is 0.883. The first-order chi connectivity index (χ1) is 9.16. The zero-order chi connectivity index (χ0) is 13.7. The van der Waals surface area contributed by atoms with E-state index in [1.807, 2.05) is 30.3 Å². The van der Waals surface area contributed by atoms with Crippen molar-refractivity contribution in [2.45, 2.75) is 6.92 Å². The molecule has 0 radical (unpaired) electrons. The van der Waals surface area contributed by atoms with Gasteiger partial charge in [0.2, 0.25) is 0 Å². The summed E-state index contributed by atoms with van der Waals surface area (Å²) in [6.07, 6.45) is 0. The van der Waals surface area contributed by atoms with Crippen LogP contribution in [0.15, 0.2) is 51.4 Å². The van der Waals surface area contributed by atoms with Crippen molar-refractivity contribution in [3.63, 3.8) is 0 Å². The third-order valence-electron chi connectivity index (χ3n) is 2.69. The summed E-state index contributed by atoms with van der Waals surface area (Å²) in [7, 11) is 0. The van der Waals surface area contributed by atoms with Gasteiger partial charge in [0.15, 0.2) is 0 Å². The van der Waals surface area contributed by atoms with Gasteiger partial charge in [0.25, 0.3) is 0 Å². The molecule has 0 aliphatic rings. The Kier molecular flexibility index (Phi) is 5.28. The van der Waals surface area contributed by atoms with Gasteiger partial charge in [-0.15, -0.1) is 0 Å². The molecule has 0 atom stereocenters. The molecule has 0 aliphatic heterocycles. The second kappa shape index (κ2) is 6.96. The third kappa shape index (κ3) is 4.25. The molecule has 0 fully saturated rings. The lowest BCUT2D eigenvalue weighted by Crippen LogP contribution is -2.11. The van der Waals surface area contributed by atoms with Gasteiger partial charge >= 0.3 is 0 Å². The standard InChI is InChI=1S/C15H15Br2NO/c1-11-3-2-4-14(15(11)17)18-9-10-19-13-7-5-12(16)6-8-13/h2-8,18H,9-10H2,1H3. The molecular formula is C15H15Br2NO. The zero-order valence-electron chi connectivity index (χ0n) is 10.6. The quantitative estimate of drug-likeness (QED) is 0.731. The number of anilines is 1. The number of aryl methyl sites for hydroxylation is 1. The number of rotatable bonds is 5. The minimum atomic E-state index is 0.627. The molecule has 4 heteroatoms. The van der Waals surface area contributed by atoms with Crippen molar-refractivity contribution >= 4 is 37.5 Å². The second-order valence-corrected chi connectivity index (χ2v) is 5.87. The van der Waals surface area contributed by atoms with Crippen LogP contribution in [0.4, 0.5) is 5.69 Å². The first kappa shape index (κ1) is 14.4. The maximum atomic E-state index is 5.65. The Morgan fingerprint density at radius 1 is 1.05 bits per heavy atom. The van der Waals surface area contributed by atoms with Crippen LogP contribution in [0.5, 0.6) is 5.75 Å². The van der Waals surface area contributed by atoms with Crippen LogP contribution >= 0.6 is 31.9 Å². The van der Waals surface area contributed by atoms with Crippen molar-refractivity contribution in [3.8, 4) is 5.75 Å². The van der Waals surface area contributed by atoms with Crippen molar-refractivity contribution < 1.29 is 4.74 Å². The molecular weight excluding hydrogens is 370 g/mol. The fourth-order valence-electron chi connectivity index (χ4n) is 1.67. The molecule has 19 heavy (non-hydrogen) atoms. The van der Waals surface area contributed by atoms with Crippen LogP contribution in [0.2, 0.25) is 0 Å². The maximum absolute atomic E-state index is 5.65. The van der Waals surface area contributed by atoms with Crippen LogP contribution < -0.4 is 10.1 Å². The van der Waals surface area contributed by atoms with Crippen LogP contribution in [0.25, 0.3) is 0 Å². The molecule has 0 saturated carbocycles. The molecule has 100 valence electrons. The molecule has 0 amide bonds. The van der Waals surface area contributed by atoms with Gasteiger partial charge in [-0.3, -0.25) is 0 Å². The van der Waals surface area contributed by atoms with E-state index in [0.717, 1.165) is 26.9 Å². The molecule has 2 aromatic carbocycles. The normalized spacial score (nSPS) is 10.3. The zero-order valence-corrected chi connectivity index (χ0v) is 13.8. The van der Waals surface area contributed by atoms with E-state index in [-0.39, 0.29) is 0 Å². The number of hydrogen-bond donors (Lipinski definition) is 1. The molecule has 0 unspecified atom stereocenters. The first-order valence-corrected chi connectivity index (χ1v) is 7.63. The summed E-state index contributed by atoms with van der Waals surface area (Å²) in [5, 5.41) is 3.35. The summed E-state index contributed by atoms with van der Waals surface area (Å²) in [4.78, 5) is 0. The van der Waals surface area contributed by atoms with Gasteiger partial charge in [-0.05, 0) is 58.7 Å². The molecule has 0 aromatic heterocycles. The van der Waals surface area contributed by atoms with Gasteiger partial charge in [0.1, 0.15) is 12.4 Å². The number of halogens is 2. The monoisotopic (exact) mass is 383 g/mol. The number of benzene rings is 2. The topological polar surface area (TPSA) is 21.3 Å². The maximum Gasteiger partial charge on any atom is 0.119 e. The Morgan fingerprint density at radius 2 is 1.79 bits per heavy atom. The fraction of sp³-hybridized carbons (Fsp3) is 0.200. The highest BCUT2D eigenvalue weighted by atomic mass is 79.9. The summed E-state index contributed by atoms with van der Waals surface area (Å²) in [6.45, 7) is 3.47. The van der Waals surface area contributed by atoms with Gasteiger partial charge < -0.3 is 10.1 Å². The van der Waals surface area contributed by atoms with E-state index < -0.39 is 0 Å². The van der Waals surface area contributed by atoms with E-state index in [2.05, 4.69) is 56.2 Å². The molecule has 0 bridgehead atoms. The average molecular weight is 385 g/mol. The Bertz CT molecular complexity index is 540. The highest BCUT2D eigenvalue weighted by Crippen LogP contribution is 2.25. The van der Waals surface area contributed by atoms with E-state index >= 15 is 0 Å². The molecule has 2 aromatic rings. The first-order valence-electron chi connectivity index (χ1n) is 6.04. The molecule has 1 N–H and O–H groups in total. The summed E-state index contributed by atoms with van der Waals surface area (Å²) in [5.41, 5.74) is 2.32. The minimum Gasteiger partial charge on any atom is -0.492 e. The highest BCUT2D eigenvalue weighted by molar-refractivity contribution is 9.11. The summed E-state index contributed by atoms with van der Waals surface area (Å²) < 4.78 is 7.82. The van der Waals surface area contributed by atoms with Crippen LogP contribution in [0.3, 0.4) is 0 Å². The van der Waals surface area contributed by atoms with Crippen LogP contribution in [0, 0.1) is 6.92 Å². The van der Waals surface area contributed by atoms with Crippen LogP contribution in [0.1, 0.15) is 5.56 Å². The SMILES string of the molecule is Cc1cccc(NCCOc2ccc(Br)cc2)c1Br. The van der Waals surface area contributed by atoms with Gasteiger partial charge in [-0.1, -0.05) is 28.1 Å². The van der Waals surface area contributed by atoms with Gasteiger partial charge in [0, 0.05) is 21.2 Å².